The van der Waals surface area contributed by atoms with Gasteiger partial charge in [0.2, 0.25) is 0 Å². The Morgan fingerprint density at radius 3 is 2.72 bits per heavy atom. The molecule has 18 heavy (non-hydrogen) atoms. The molecule has 0 radical (unpaired) electrons. The lowest BCUT2D eigenvalue weighted by atomic mass is 10.3. The lowest BCUT2D eigenvalue weighted by Gasteiger charge is -2.25. The molecule has 0 amide bonds. The molecule has 0 atom stereocenters. The molecule has 0 saturated carbocycles. The van der Waals surface area contributed by atoms with Crippen molar-refractivity contribution in [3.05, 3.63) is 27.8 Å². The van der Waals surface area contributed by atoms with Crippen molar-refractivity contribution in [1.29, 1.82) is 0 Å². The van der Waals surface area contributed by atoms with E-state index in [1.165, 1.54) is 3.57 Å². The molecular formula is C13H19IN2OS. The smallest absolute Gasteiger partial charge is 0.173 e. The number of benzene rings is 1. The minimum Gasteiger partial charge on any atom is -0.383 e. The highest BCUT2D eigenvalue weighted by Crippen LogP contribution is 2.17. The summed E-state index contributed by atoms with van der Waals surface area (Å²) in [4.78, 5) is 2.14. The standard InChI is InChI=1S/C13H19IN2OS/c1-3-8-16(9-10-17-2)13(18)15-12-7-5-4-6-11(12)14/h4-7H,3,8-10H2,1-2H3,(H,15,18). The average molecular weight is 378 g/mol. The molecule has 0 heterocycles. The van der Waals surface area contributed by atoms with Gasteiger partial charge < -0.3 is 15.0 Å². The second kappa shape index (κ2) is 8.66. The third-order valence-electron chi connectivity index (χ3n) is 2.46. The van der Waals surface area contributed by atoms with Gasteiger partial charge in [-0.25, -0.2) is 0 Å². The summed E-state index contributed by atoms with van der Waals surface area (Å²) < 4.78 is 6.28. The van der Waals surface area contributed by atoms with Crippen molar-refractivity contribution in [3.8, 4) is 0 Å². The number of nitrogens with zero attached hydrogens (tertiary/aromatic N) is 1. The highest BCUT2D eigenvalue weighted by atomic mass is 127. The van der Waals surface area contributed by atoms with Crippen LogP contribution in [-0.2, 0) is 4.74 Å². The first-order valence-corrected chi connectivity index (χ1v) is 7.47. The summed E-state index contributed by atoms with van der Waals surface area (Å²) in [6.45, 7) is 4.60. The van der Waals surface area contributed by atoms with Crippen LogP contribution in [0.5, 0.6) is 0 Å². The third kappa shape index (κ3) is 5.07. The Morgan fingerprint density at radius 2 is 2.11 bits per heavy atom. The van der Waals surface area contributed by atoms with Crippen LogP contribution in [-0.4, -0.2) is 36.8 Å². The fraction of sp³-hybridized carbons (Fsp3) is 0.462. The molecule has 0 aliphatic heterocycles. The predicted molar refractivity (Wildman–Crippen MR) is 89.1 cm³/mol. The van der Waals surface area contributed by atoms with Crippen molar-refractivity contribution < 1.29 is 4.74 Å². The molecule has 0 saturated heterocycles. The van der Waals surface area contributed by atoms with E-state index in [1.807, 2.05) is 18.2 Å². The largest absolute Gasteiger partial charge is 0.383 e. The van der Waals surface area contributed by atoms with Crippen LogP contribution in [0.25, 0.3) is 0 Å². The number of methoxy groups -OCH3 is 1. The number of hydrogen-bond donors (Lipinski definition) is 1. The maximum atomic E-state index is 5.45. The maximum Gasteiger partial charge on any atom is 0.173 e. The van der Waals surface area contributed by atoms with Gasteiger partial charge in [0.15, 0.2) is 5.11 Å². The minimum absolute atomic E-state index is 0.688. The summed E-state index contributed by atoms with van der Waals surface area (Å²) >= 11 is 7.75. The topological polar surface area (TPSA) is 24.5 Å². The van der Waals surface area contributed by atoms with Gasteiger partial charge in [-0.15, -0.1) is 0 Å². The van der Waals surface area contributed by atoms with E-state index in [4.69, 9.17) is 17.0 Å². The van der Waals surface area contributed by atoms with Crippen LogP contribution in [0.15, 0.2) is 24.3 Å². The monoisotopic (exact) mass is 378 g/mol. The van der Waals surface area contributed by atoms with E-state index in [2.05, 4.69) is 45.8 Å². The van der Waals surface area contributed by atoms with Crippen LogP contribution in [0.2, 0.25) is 0 Å². The second-order valence-electron chi connectivity index (χ2n) is 3.89. The van der Waals surface area contributed by atoms with Gasteiger partial charge in [0.05, 0.1) is 12.3 Å². The van der Waals surface area contributed by atoms with Gasteiger partial charge in [0.25, 0.3) is 0 Å². The fourth-order valence-electron chi connectivity index (χ4n) is 1.54. The van der Waals surface area contributed by atoms with Gasteiger partial charge in [0.1, 0.15) is 0 Å². The van der Waals surface area contributed by atoms with Crippen molar-refractivity contribution >= 4 is 45.6 Å². The van der Waals surface area contributed by atoms with Gasteiger partial charge in [-0.1, -0.05) is 19.1 Å². The van der Waals surface area contributed by atoms with Gasteiger partial charge in [-0.3, -0.25) is 0 Å². The van der Waals surface area contributed by atoms with Crippen molar-refractivity contribution in [1.82, 2.24) is 4.90 Å². The number of para-hydroxylation sites is 1. The quantitative estimate of drug-likeness (QED) is 0.606. The highest BCUT2D eigenvalue weighted by molar-refractivity contribution is 14.1. The van der Waals surface area contributed by atoms with Crippen LogP contribution in [0.1, 0.15) is 13.3 Å². The zero-order valence-electron chi connectivity index (χ0n) is 10.8. The van der Waals surface area contributed by atoms with E-state index >= 15 is 0 Å². The summed E-state index contributed by atoms with van der Waals surface area (Å²) in [5, 5.41) is 4.06. The molecule has 0 fully saturated rings. The van der Waals surface area contributed by atoms with Gasteiger partial charge in [0, 0.05) is 23.8 Å². The summed E-state index contributed by atoms with van der Waals surface area (Å²) in [6.07, 6.45) is 1.07. The van der Waals surface area contributed by atoms with Gasteiger partial charge in [-0.05, 0) is 53.4 Å². The zero-order chi connectivity index (χ0) is 13.4. The fourth-order valence-corrected chi connectivity index (χ4v) is 2.36. The van der Waals surface area contributed by atoms with Gasteiger partial charge in [-0.2, -0.15) is 0 Å². The minimum atomic E-state index is 0.688. The van der Waals surface area contributed by atoms with E-state index in [0.29, 0.717) is 6.61 Å². The van der Waals surface area contributed by atoms with Crippen LogP contribution in [0.3, 0.4) is 0 Å². The van der Waals surface area contributed by atoms with E-state index in [0.717, 1.165) is 30.3 Å². The lowest BCUT2D eigenvalue weighted by Crippen LogP contribution is -2.37. The molecule has 5 heteroatoms. The molecule has 0 aliphatic rings. The van der Waals surface area contributed by atoms with Crippen molar-refractivity contribution in [2.45, 2.75) is 13.3 Å². The Labute approximate surface area is 128 Å². The molecule has 0 aliphatic carbocycles. The van der Waals surface area contributed by atoms with E-state index in [-0.39, 0.29) is 0 Å². The molecule has 1 aromatic rings. The Hall–Kier alpha value is -0.400. The molecular weight excluding hydrogens is 359 g/mol. The maximum absolute atomic E-state index is 5.45. The van der Waals surface area contributed by atoms with E-state index in [1.54, 1.807) is 7.11 Å². The number of ether oxygens (including phenoxy) is 1. The summed E-state index contributed by atoms with van der Waals surface area (Å²) in [6, 6.07) is 8.12. The molecule has 3 nitrogen and oxygen atoms in total. The van der Waals surface area contributed by atoms with Crippen LogP contribution in [0, 0.1) is 3.57 Å². The molecule has 0 unspecified atom stereocenters. The SMILES string of the molecule is CCCN(CCOC)C(=S)Nc1ccccc1I. The molecule has 0 spiro atoms. The predicted octanol–water partition coefficient (Wildman–Crippen LogP) is 3.35. The molecule has 1 aromatic carbocycles. The first-order chi connectivity index (χ1) is 8.69. The summed E-state index contributed by atoms with van der Waals surface area (Å²) in [7, 11) is 1.71. The van der Waals surface area contributed by atoms with E-state index in [9.17, 15) is 0 Å². The normalized spacial score (nSPS) is 10.2. The molecule has 0 bridgehead atoms. The molecule has 1 N–H and O–H groups in total. The Balaban J connectivity index is 2.63. The number of nitrogens with one attached hydrogen (secondary N) is 1. The summed E-state index contributed by atoms with van der Waals surface area (Å²) in [5.74, 6) is 0. The Kier molecular flexibility index (Phi) is 7.53. The lowest BCUT2D eigenvalue weighted by molar-refractivity contribution is 0.177. The Morgan fingerprint density at radius 1 is 1.39 bits per heavy atom. The molecule has 1 rings (SSSR count). The molecule has 0 aromatic heterocycles. The van der Waals surface area contributed by atoms with Crippen LogP contribution in [0.4, 0.5) is 5.69 Å². The number of anilines is 1. The van der Waals surface area contributed by atoms with E-state index < -0.39 is 0 Å². The third-order valence-corrected chi connectivity index (χ3v) is 3.76. The number of rotatable bonds is 6. The van der Waals surface area contributed by atoms with Crippen molar-refractivity contribution in [2.75, 3.05) is 32.1 Å². The van der Waals surface area contributed by atoms with Crippen LogP contribution < -0.4 is 5.32 Å². The van der Waals surface area contributed by atoms with Crippen molar-refractivity contribution in [3.63, 3.8) is 0 Å². The number of hydrogen-bond acceptors (Lipinski definition) is 2. The zero-order valence-corrected chi connectivity index (χ0v) is 13.8. The summed E-state index contributed by atoms with van der Waals surface area (Å²) in [5.41, 5.74) is 1.06. The van der Waals surface area contributed by atoms with Gasteiger partial charge >= 0.3 is 0 Å². The van der Waals surface area contributed by atoms with Crippen molar-refractivity contribution in [2.24, 2.45) is 0 Å². The van der Waals surface area contributed by atoms with Crippen LogP contribution >= 0.6 is 34.8 Å². The Bertz CT molecular complexity index is 387. The average Bonchev–Trinajstić information content (AvgIpc) is 2.37. The number of halogens is 1. The number of thiocarbonyl (C=S) groups is 1. The molecule has 100 valence electrons. The first kappa shape index (κ1) is 15.7. The first-order valence-electron chi connectivity index (χ1n) is 5.98. The highest BCUT2D eigenvalue weighted by Gasteiger charge is 2.09. The second-order valence-corrected chi connectivity index (χ2v) is 5.44.